The second-order valence-corrected chi connectivity index (χ2v) is 10.9. The average molecular weight is 523 g/mol. The topological polar surface area (TPSA) is 143 Å². The average Bonchev–Trinajstić information content (AvgIpc) is 2.71. The molecule has 0 unspecified atom stereocenters. The van der Waals surface area contributed by atoms with Gasteiger partial charge in [0, 0.05) is 17.1 Å². The van der Waals surface area contributed by atoms with Gasteiger partial charge in [-0.2, -0.15) is 0 Å². The molecule has 0 N–H and O–H groups in total. The van der Waals surface area contributed by atoms with Crippen molar-refractivity contribution in [1.29, 1.82) is 0 Å². The molecule has 2 heterocycles. The van der Waals surface area contributed by atoms with Gasteiger partial charge in [0.1, 0.15) is 17.3 Å². The largest absolute Gasteiger partial charge is 1.00 e. The summed E-state index contributed by atoms with van der Waals surface area (Å²) in [6.45, 7) is 8.73. The van der Waals surface area contributed by atoms with Crippen LogP contribution < -0.4 is 104 Å². The molecule has 11 heteroatoms. The van der Waals surface area contributed by atoms with Crippen LogP contribution in [0.25, 0.3) is 5.57 Å². The Morgan fingerprint density at radius 1 is 0.889 bits per heavy atom. The molecule has 2 fully saturated rings. The molecule has 178 valence electrons. The van der Waals surface area contributed by atoms with E-state index in [1.807, 2.05) is 6.92 Å². The third kappa shape index (κ3) is 5.82. The molecule has 4 atom stereocenters. The first kappa shape index (κ1) is 34.1. The monoisotopic (exact) mass is 523 g/mol. The van der Waals surface area contributed by atoms with Crippen LogP contribution in [0.5, 0.6) is 0 Å². The van der Waals surface area contributed by atoms with Crippen molar-refractivity contribution < 1.29 is 123 Å². The minimum absolute atomic E-state index is 0. The van der Waals surface area contributed by atoms with Crippen LogP contribution in [0.15, 0.2) is 17.9 Å². The van der Waals surface area contributed by atoms with Gasteiger partial charge in [0.15, 0.2) is 0 Å². The second-order valence-electron chi connectivity index (χ2n) is 10.9. The number of carbonyl (C=O) groups excluding carboxylic acids is 3. The van der Waals surface area contributed by atoms with E-state index in [1.54, 1.807) is 0 Å². The molecule has 3 aliphatic rings. The fourth-order valence-electron chi connectivity index (χ4n) is 7.14. The smallest absolute Gasteiger partial charge is 0.543 e. The molecule has 2 saturated carbocycles. The van der Waals surface area contributed by atoms with Gasteiger partial charge in [-0.15, -0.1) is 0 Å². The molecule has 36 heavy (non-hydrogen) atoms. The van der Waals surface area contributed by atoms with Gasteiger partial charge < -0.3 is 34.4 Å². The van der Waals surface area contributed by atoms with E-state index in [0.717, 1.165) is 31.7 Å². The van der Waals surface area contributed by atoms with E-state index in [9.17, 15) is 29.7 Å². The molecular formula is C25H28NNa3O7. The van der Waals surface area contributed by atoms with E-state index in [4.69, 9.17) is 4.74 Å². The maximum atomic E-state index is 12.1. The van der Waals surface area contributed by atoms with E-state index in [0.29, 0.717) is 12.3 Å². The molecule has 1 aliphatic heterocycles. The van der Waals surface area contributed by atoms with E-state index in [-0.39, 0.29) is 123 Å². The first-order chi connectivity index (χ1) is 15.3. The van der Waals surface area contributed by atoms with Crippen molar-refractivity contribution in [3.63, 3.8) is 0 Å². The van der Waals surface area contributed by atoms with Gasteiger partial charge in [0.2, 0.25) is 0 Å². The first-order valence-electron chi connectivity index (χ1n) is 11.4. The summed E-state index contributed by atoms with van der Waals surface area (Å²) >= 11 is 0. The van der Waals surface area contributed by atoms with E-state index >= 15 is 0 Å². The molecular weight excluding hydrogens is 495 g/mol. The molecule has 0 aromatic carbocycles. The van der Waals surface area contributed by atoms with Crippen LogP contribution in [0.4, 0.5) is 0 Å². The summed E-state index contributed by atoms with van der Waals surface area (Å²) in [5.74, 6) is -4.98. The summed E-state index contributed by atoms with van der Waals surface area (Å²) in [7, 11) is 0. The normalized spacial score (nSPS) is 30.1. The second kappa shape index (κ2) is 12.1. The molecule has 0 saturated heterocycles. The number of ether oxygens (including phenoxy) is 1. The third-order valence-corrected chi connectivity index (χ3v) is 8.56. The summed E-state index contributed by atoms with van der Waals surface area (Å²) in [6.07, 6.45) is 4.99. The SMILES string of the molecule is CC1(C)CCC[C@]2(C)[C@H]3CC(c4ccc(C(=O)[O-])nc4C(=O)[O-])=C(C(=O)[O-])O[C@]3(C)CC[C@@H]12.[Na+].[Na+].[Na+]. The first-order valence-corrected chi connectivity index (χ1v) is 11.4. The predicted molar refractivity (Wildman–Crippen MR) is 111 cm³/mol. The number of aliphatic carboxylic acids is 1. The zero-order valence-electron chi connectivity index (χ0n) is 22.4. The fourth-order valence-corrected chi connectivity index (χ4v) is 7.14. The van der Waals surface area contributed by atoms with Gasteiger partial charge in [-0.1, -0.05) is 33.3 Å². The van der Waals surface area contributed by atoms with Gasteiger partial charge in [0.05, 0.1) is 23.3 Å². The molecule has 2 aliphatic carbocycles. The van der Waals surface area contributed by atoms with Crippen molar-refractivity contribution in [1.82, 2.24) is 4.98 Å². The van der Waals surface area contributed by atoms with E-state index in [1.165, 1.54) is 6.07 Å². The number of carboxylic acids is 3. The number of nitrogens with zero attached hydrogens (tertiary/aromatic N) is 1. The fraction of sp³-hybridized carbons (Fsp3) is 0.600. The number of aromatic nitrogens is 1. The molecule has 0 spiro atoms. The van der Waals surface area contributed by atoms with Crippen LogP contribution in [0.2, 0.25) is 0 Å². The Bertz CT molecular complexity index is 1090. The molecule has 1 aromatic heterocycles. The standard InChI is InChI=1S/C25H31NO7.3Na/c1-23(2)9-5-10-24(3)16(23)8-11-25(4)17(24)12-14(19(33-25)22(31)32)13-6-7-15(20(27)28)26-18(13)21(29)30;;;/h6-7,16-17H,5,8-12H2,1-4H3,(H,27,28)(H,29,30)(H,31,32);;;/q;3*+1/p-3/t16-,17+,24-,25+;;;/m0.../s1. The Morgan fingerprint density at radius 2 is 1.53 bits per heavy atom. The van der Waals surface area contributed by atoms with Crippen molar-refractivity contribution in [3.8, 4) is 0 Å². The van der Waals surface area contributed by atoms with Crippen LogP contribution in [0.1, 0.15) is 92.8 Å². The summed E-state index contributed by atoms with van der Waals surface area (Å²) < 4.78 is 6.15. The molecule has 8 nitrogen and oxygen atoms in total. The third-order valence-electron chi connectivity index (χ3n) is 8.56. The van der Waals surface area contributed by atoms with Crippen LogP contribution in [0, 0.1) is 22.7 Å². The number of aromatic carboxylic acids is 2. The predicted octanol–water partition coefficient (Wildman–Crippen LogP) is -8.30. The Morgan fingerprint density at radius 3 is 2.08 bits per heavy atom. The summed E-state index contributed by atoms with van der Waals surface area (Å²) in [5.41, 5.74) is -1.86. The number of hydrogen-bond acceptors (Lipinski definition) is 8. The quantitative estimate of drug-likeness (QED) is 0.354. The Kier molecular flexibility index (Phi) is 11.5. The van der Waals surface area contributed by atoms with E-state index in [2.05, 4.69) is 25.8 Å². The number of carbonyl (C=O) groups is 3. The Hall–Kier alpha value is 0.100. The van der Waals surface area contributed by atoms with Crippen molar-refractivity contribution in [2.24, 2.45) is 22.7 Å². The van der Waals surface area contributed by atoms with Gasteiger partial charge >= 0.3 is 88.7 Å². The van der Waals surface area contributed by atoms with Gasteiger partial charge in [0.25, 0.3) is 0 Å². The number of allylic oxidation sites excluding steroid dienone is 1. The van der Waals surface area contributed by atoms with Crippen LogP contribution in [0.3, 0.4) is 0 Å². The minimum Gasteiger partial charge on any atom is -0.543 e. The van der Waals surface area contributed by atoms with E-state index < -0.39 is 40.7 Å². The zero-order chi connectivity index (χ0) is 24.3. The maximum Gasteiger partial charge on any atom is 1.00 e. The molecule has 4 rings (SSSR count). The van der Waals surface area contributed by atoms with Gasteiger partial charge in [-0.05, 0) is 61.8 Å². The van der Waals surface area contributed by atoms with Crippen molar-refractivity contribution >= 4 is 23.5 Å². The van der Waals surface area contributed by atoms with Crippen LogP contribution in [-0.2, 0) is 9.53 Å². The number of fused-ring (bicyclic) bond motifs is 3. The number of carboxylic acid groups (broad SMARTS) is 3. The minimum atomic E-state index is -1.71. The Labute approximate surface area is 277 Å². The molecule has 1 aromatic rings. The molecule has 0 radical (unpaired) electrons. The molecule has 0 bridgehead atoms. The summed E-state index contributed by atoms with van der Waals surface area (Å²) in [5, 5.41) is 35.1. The van der Waals surface area contributed by atoms with Gasteiger partial charge in [-0.3, -0.25) is 0 Å². The summed E-state index contributed by atoms with van der Waals surface area (Å²) in [6, 6.07) is 2.33. The van der Waals surface area contributed by atoms with Crippen LogP contribution in [-0.4, -0.2) is 28.5 Å². The van der Waals surface area contributed by atoms with Crippen molar-refractivity contribution in [2.75, 3.05) is 0 Å². The number of hydrogen-bond donors (Lipinski definition) is 0. The summed E-state index contributed by atoms with van der Waals surface area (Å²) in [4.78, 5) is 38.8. The van der Waals surface area contributed by atoms with Crippen LogP contribution >= 0.6 is 0 Å². The van der Waals surface area contributed by atoms with Crippen molar-refractivity contribution in [3.05, 3.63) is 34.8 Å². The van der Waals surface area contributed by atoms with Crippen molar-refractivity contribution in [2.45, 2.75) is 71.8 Å². The maximum absolute atomic E-state index is 12.1. The number of pyridine rings is 1. The van der Waals surface area contributed by atoms with Gasteiger partial charge in [-0.25, -0.2) is 4.98 Å². The Balaban J connectivity index is 0.00000216. The zero-order valence-corrected chi connectivity index (χ0v) is 28.4. The number of rotatable bonds is 4. The molecule has 0 amide bonds.